The predicted octanol–water partition coefficient (Wildman–Crippen LogP) is 6.50. The third kappa shape index (κ3) is 7.88. The van der Waals surface area contributed by atoms with Crippen LogP contribution in [0.5, 0.6) is 0 Å². The summed E-state index contributed by atoms with van der Waals surface area (Å²) >= 11 is 6.72. The topological polar surface area (TPSA) is 91.3 Å². The van der Waals surface area contributed by atoms with Gasteiger partial charge in [0.25, 0.3) is 0 Å². The summed E-state index contributed by atoms with van der Waals surface area (Å²) < 4.78 is 44.3. The molecule has 194 valence electrons. The van der Waals surface area contributed by atoms with Gasteiger partial charge in [0.1, 0.15) is 0 Å². The van der Waals surface area contributed by atoms with E-state index in [0.29, 0.717) is 19.1 Å². The first-order valence-electron chi connectivity index (χ1n) is 12.5. The number of benzene rings is 1. The maximum Gasteiger partial charge on any atom is 0.319 e. The van der Waals surface area contributed by atoms with E-state index in [1.807, 2.05) is 6.07 Å². The van der Waals surface area contributed by atoms with Crippen molar-refractivity contribution in [3.63, 3.8) is 0 Å². The summed E-state index contributed by atoms with van der Waals surface area (Å²) in [6.07, 6.45) is 8.30. The molecule has 0 amide bonds. The SMILES string of the molecule is CCO[PH](=O)OCCC(O)(CCO[PH](=O)OCC)C1CCc2cc(CC3CCCC3)c(Cl)cc21. The maximum absolute atomic E-state index is 11.8. The van der Waals surface area contributed by atoms with Crippen LogP contribution in [-0.4, -0.2) is 37.1 Å². The fourth-order valence-corrected chi connectivity index (χ4v) is 6.76. The molecular formula is C24H39ClO7P2. The Labute approximate surface area is 209 Å². The first-order valence-corrected chi connectivity index (χ1v) is 15.3. The van der Waals surface area contributed by atoms with Gasteiger partial charge in [-0.2, -0.15) is 0 Å². The Hall–Kier alpha value is -0.230. The third-order valence-corrected chi connectivity index (χ3v) is 9.33. The van der Waals surface area contributed by atoms with Gasteiger partial charge in [-0.05, 0) is 61.8 Å². The van der Waals surface area contributed by atoms with Crippen LogP contribution >= 0.6 is 28.1 Å². The predicted molar refractivity (Wildman–Crippen MR) is 136 cm³/mol. The second kappa shape index (κ2) is 13.9. The van der Waals surface area contributed by atoms with Crippen molar-refractivity contribution in [1.82, 2.24) is 0 Å². The lowest BCUT2D eigenvalue weighted by molar-refractivity contribution is -0.0244. The normalized spacial score (nSPS) is 21.9. The molecule has 3 atom stereocenters. The second-order valence-corrected chi connectivity index (χ2v) is 11.8. The molecule has 2 aliphatic rings. The number of rotatable bonds is 15. The third-order valence-electron chi connectivity index (χ3n) is 7.05. The summed E-state index contributed by atoms with van der Waals surface area (Å²) in [6, 6.07) is 4.25. The Morgan fingerprint density at radius 1 is 0.971 bits per heavy atom. The molecular weight excluding hydrogens is 498 g/mol. The van der Waals surface area contributed by atoms with Gasteiger partial charge >= 0.3 is 16.5 Å². The smallest absolute Gasteiger partial charge is 0.319 e. The minimum absolute atomic E-state index is 0.0915. The van der Waals surface area contributed by atoms with Gasteiger partial charge in [-0.15, -0.1) is 0 Å². The van der Waals surface area contributed by atoms with Gasteiger partial charge in [-0.1, -0.05) is 43.4 Å². The molecule has 1 N–H and O–H groups in total. The number of aryl methyl sites for hydroxylation is 1. The molecule has 0 heterocycles. The highest BCUT2D eigenvalue weighted by molar-refractivity contribution is 7.33. The zero-order chi connectivity index (χ0) is 24.6. The number of fused-ring (bicyclic) bond motifs is 1. The quantitative estimate of drug-likeness (QED) is 0.256. The molecule has 1 saturated carbocycles. The van der Waals surface area contributed by atoms with E-state index in [9.17, 15) is 14.2 Å². The number of halogens is 1. The second-order valence-electron chi connectivity index (χ2n) is 9.25. The molecule has 0 aliphatic heterocycles. The molecule has 0 spiro atoms. The van der Waals surface area contributed by atoms with Crippen LogP contribution in [0.25, 0.3) is 0 Å². The highest BCUT2D eigenvalue weighted by Crippen LogP contribution is 2.46. The summed E-state index contributed by atoms with van der Waals surface area (Å²) in [5.41, 5.74) is 2.30. The molecule has 0 aromatic heterocycles. The van der Waals surface area contributed by atoms with Gasteiger partial charge in [0, 0.05) is 23.8 Å². The van der Waals surface area contributed by atoms with E-state index in [2.05, 4.69) is 6.07 Å². The highest BCUT2D eigenvalue weighted by atomic mass is 35.5. The Balaban J connectivity index is 1.73. The standard InChI is InChI=1S/C24H39ClO7P2/c1-3-29-33(27)31-13-11-24(26,12-14-32-34(28)30-4-2)22-10-9-19-16-20(23(25)17-21(19)22)15-18-7-5-6-8-18/h16-18,22,26,33-34H,3-15H2,1-2H3. The molecule has 7 nitrogen and oxygen atoms in total. The van der Waals surface area contributed by atoms with E-state index < -0.39 is 22.1 Å². The first kappa shape index (κ1) is 28.3. The van der Waals surface area contributed by atoms with Crippen LogP contribution in [0.2, 0.25) is 5.02 Å². The number of hydrogen-bond acceptors (Lipinski definition) is 7. The van der Waals surface area contributed by atoms with Crippen molar-refractivity contribution in [3.8, 4) is 0 Å². The van der Waals surface area contributed by atoms with Gasteiger partial charge < -0.3 is 23.2 Å². The molecule has 2 aliphatic carbocycles. The Kier molecular flexibility index (Phi) is 11.6. The van der Waals surface area contributed by atoms with E-state index in [1.165, 1.54) is 36.8 Å². The van der Waals surface area contributed by atoms with Crippen molar-refractivity contribution < 1.29 is 32.3 Å². The molecule has 3 rings (SSSR count). The lowest BCUT2D eigenvalue weighted by Crippen LogP contribution is -2.38. The minimum atomic E-state index is -2.59. The molecule has 0 bridgehead atoms. The Bertz CT molecular complexity index is 821. The van der Waals surface area contributed by atoms with Crippen molar-refractivity contribution in [1.29, 1.82) is 0 Å². The van der Waals surface area contributed by atoms with Crippen molar-refractivity contribution in [2.24, 2.45) is 5.92 Å². The monoisotopic (exact) mass is 536 g/mol. The van der Waals surface area contributed by atoms with Crippen LogP contribution in [-0.2, 0) is 40.1 Å². The summed E-state index contributed by atoms with van der Waals surface area (Å²) in [5.74, 6) is 0.539. The van der Waals surface area contributed by atoms with Crippen molar-refractivity contribution in [3.05, 3.63) is 33.8 Å². The molecule has 1 fully saturated rings. The fraction of sp³-hybridized carbons (Fsp3) is 0.750. The number of aliphatic hydroxyl groups is 1. The van der Waals surface area contributed by atoms with E-state index in [4.69, 9.17) is 29.7 Å². The summed E-state index contributed by atoms with van der Waals surface area (Å²) in [6.45, 7) is 4.29. The van der Waals surface area contributed by atoms with E-state index in [0.717, 1.165) is 29.8 Å². The van der Waals surface area contributed by atoms with Gasteiger partial charge in [-0.3, -0.25) is 9.13 Å². The Morgan fingerprint density at radius 3 is 2.12 bits per heavy atom. The van der Waals surface area contributed by atoms with Crippen molar-refractivity contribution >= 4 is 28.1 Å². The van der Waals surface area contributed by atoms with Crippen LogP contribution in [0.15, 0.2) is 12.1 Å². The van der Waals surface area contributed by atoms with E-state index in [1.54, 1.807) is 13.8 Å². The van der Waals surface area contributed by atoms with Gasteiger partial charge in [-0.25, -0.2) is 0 Å². The largest absolute Gasteiger partial charge is 0.389 e. The van der Waals surface area contributed by atoms with Gasteiger partial charge in [0.2, 0.25) is 0 Å². The molecule has 3 unspecified atom stereocenters. The van der Waals surface area contributed by atoms with Crippen LogP contribution in [0.4, 0.5) is 0 Å². The molecule has 0 saturated heterocycles. The van der Waals surface area contributed by atoms with Crippen LogP contribution < -0.4 is 0 Å². The zero-order valence-electron chi connectivity index (χ0n) is 20.3. The maximum atomic E-state index is 11.8. The summed E-state index contributed by atoms with van der Waals surface area (Å²) in [5, 5.41) is 12.5. The summed E-state index contributed by atoms with van der Waals surface area (Å²) in [7, 11) is -5.18. The Morgan fingerprint density at radius 2 is 1.56 bits per heavy atom. The number of hydrogen-bond donors (Lipinski definition) is 1. The van der Waals surface area contributed by atoms with E-state index in [-0.39, 0.29) is 32.0 Å². The van der Waals surface area contributed by atoms with Crippen molar-refractivity contribution in [2.45, 2.75) is 83.2 Å². The van der Waals surface area contributed by atoms with Crippen LogP contribution in [0.1, 0.15) is 81.4 Å². The molecule has 10 heteroatoms. The minimum Gasteiger partial charge on any atom is -0.389 e. The fourth-order valence-electron chi connectivity index (χ4n) is 5.34. The molecule has 34 heavy (non-hydrogen) atoms. The zero-order valence-corrected chi connectivity index (χ0v) is 23.0. The lowest BCUT2D eigenvalue weighted by Gasteiger charge is -2.35. The average Bonchev–Trinajstić information content (AvgIpc) is 3.44. The van der Waals surface area contributed by atoms with E-state index >= 15 is 0 Å². The first-order chi connectivity index (χ1) is 16.4. The molecule has 1 aromatic carbocycles. The lowest BCUT2D eigenvalue weighted by atomic mass is 9.78. The van der Waals surface area contributed by atoms with Gasteiger partial charge in [0.15, 0.2) is 0 Å². The average molecular weight is 537 g/mol. The highest BCUT2D eigenvalue weighted by Gasteiger charge is 2.41. The van der Waals surface area contributed by atoms with Crippen molar-refractivity contribution in [2.75, 3.05) is 26.4 Å². The summed E-state index contributed by atoms with van der Waals surface area (Å²) in [4.78, 5) is 0. The van der Waals surface area contributed by atoms with Crippen LogP contribution in [0, 0.1) is 5.92 Å². The molecule has 1 aromatic rings. The van der Waals surface area contributed by atoms with Crippen LogP contribution in [0.3, 0.4) is 0 Å². The van der Waals surface area contributed by atoms with Gasteiger partial charge in [0.05, 0.1) is 32.0 Å². The molecule has 0 radical (unpaired) electrons.